The van der Waals surface area contributed by atoms with Crippen LogP contribution in [-0.2, 0) is 6.54 Å². The SMILES string of the molecule is COc1ccc(-c2cn3c(n2)C(N)CC(F)C3)cc1C. The molecule has 2 atom stereocenters. The minimum Gasteiger partial charge on any atom is -0.496 e. The average Bonchev–Trinajstić information content (AvgIpc) is 2.82. The first-order chi connectivity index (χ1) is 9.58. The Morgan fingerprint density at radius 1 is 1.45 bits per heavy atom. The molecular weight excluding hydrogens is 257 g/mol. The summed E-state index contributed by atoms with van der Waals surface area (Å²) in [5.41, 5.74) is 8.83. The van der Waals surface area contributed by atoms with Crippen molar-refractivity contribution in [3.8, 4) is 17.0 Å². The van der Waals surface area contributed by atoms with Gasteiger partial charge >= 0.3 is 0 Å². The fraction of sp³-hybridized carbons (Fsp3) is 0.400. The number of halogens is 1. The minimum absolute atomic E-state index is 0.327. The number of alkyl halides is 1. The summed E-state index contributed by atoms with van der Waals surface area (Å²) in [7, 11) is 1.65. The van der Waals surface area contributed by atoms with E-state index in [0.717, 1.165) is 28.4 Å². The highest BCUT2D eigenvalue weighted by Crippen LogP contribution is 2.30. The molecule has 3 rings (SSSR count). The van der Waals surface area contributed by atoms with Crippen LogP contribution in [0.1, 0.15) is 23.9 Å². The molecule has 2 N–H and O–H groups in total. The third-order valence-electron chi connectivity index (χ3n) is 3.73. The molecule has 2 unspecified atom stereocenters. The summed E-state index contributed by atoms with van der Waals surface area (Å²) in [5.74, 6) is 1.61. The van der Waals surface area contributed by atoms with Crippen LogP contribution in [0.4, 0.5) is 4.39 Å². The Morgan fingerprint density at radius 3 is 2.95 bits per heavy atom. The van der Waals surface area contributed by atoms with Crippen LogP contribution in [0.2, 0.25) is 0 Å². The van der Waals surface area contributed by atoms with E-state index in [1.54, 1.807) is 7.11 Å². The van der Waals surface area contributed by atoms with E-state index in [1.165, 1.54) is 0 Å². The number of aryl methyl sites for hydroxylation is 1. The lowest BCUT2D eigenvalue weighted by molar-refractivity contribution is 0.230. The van der Waals surface area contributed by atoms with Gasteiger partial charge < -0.3 is 15.0 Å². The van der Waals surface area contributed by atoms with Crippen molar-refractivity contribution in [1.82, 2.24) is 9.55 Å². The van der Waals surface area contributed by atoms with Crippen LogP contribution < -0.4 is 10.5 Å². The molecule has 2 heterocycles. The summed E-state index contributed by atoms with van der Waals surface area (Å²) >= 11 is 0. The molecular formula is C15H18FN3O. The molecule has 0 fully saturated rings. The fourth-order valence-electron chi connectivity index (χ4n) is 2.72. The van der Waals surface area contributed by atoms with Crippen molar-refractivity contribution in [2.45, 2.75) is 32.1 Å². The molecule has 1 aromatic carbocycles. The van der Waals surface area contributed by atoms with Gasteiger partial charge in [0, 0.05) is 18.2 Å². The molecule has 1 aliphatic heterocycles. The second kappa shape index (κ2) is 4.90. The van der Waals surface area contributed by atoms with E-state index in [-0.39, 0.29) is 6.04 Å². The Labute approximate surface area is 117 Å². The summed E-state index contributed by atoms with van der Waals surface area (Å²) in [6.45, 7) is 2.33. The monoisotopic (exact) mass is 275 g/mol. The van der Waals surface area contributed by atoms with E-state index < -0.39 is 6.17 Å². The third-order valence-corrected chi connectivity index (χ3v) is 3.73. The van der Waals surface area contributed by atoms with Gasteiger partial charge in [0.1, 0.15) is 17.7 Å². The first kappa shape index (κ1) is 13.1. The number of rotatable bonds is 2. The summed E-state index contributed by atoms with van der Waals surface area (Å²) in [4.78, 5) is 4.56. The van der Waals surface area contributed by atoms with Crippen molar-refractivity contribution in [3.05, 3.63) is 35.8 Å². The van der Waals surface area contributed by atoms with Gasteiger partial charge in [-0.25, -0.2) is 9.37 Å². The largest absolute Gasteiger partial charge is 0.496 e. The molecule has 106 valence electrons. The maximum Gasteiger partial charge on any atom is 0.126 e. The van der Waals surface area contributed by atoms with E-state index in [9.17, 15) is 4.39 Å². The molecule has 0 amide bonds. The lowest BCUT2D eigenvalue weighted by Gasteiger charge is -2.22. The van der Waals surface area contributed by atoms with E-state index in [0.29, 0.717) is 13.0 Å². The molecule has 0 saturated carbocycles. The Bertz CT molecular complexity index is 638. The van der Waals surface area contributed by atoms with Gasteiger partial charge in [0.2, 0.25) is 0 Å². The number of aromatic nitrogens is 2. The van der Waals surface area contributed by atoms with E-state index in [1.807, 2.05) is 35.9 Å². The number of nitrogens with two attached hydrogens (primary N) is 1. The van der Waals surface area contributed by atoms with Crippen molar-refractivity contribution in [1.29, 1.82) is 0 Å². The number of nitrogens with zero attached hydrogens (tertiary/aromatic N) is 2. The second-order valence-corrected chi connectivity index (χ2v) is 5.26. The molecule has 0 bridgehead atoms. The van der Waals surface area contributed by atoms with Crippen LogP contribution in [0.25, 0.3) is 11.3 Å². The number of methoxy groups -OCH3 is 1. The van der Waals surface area contributed by atoms with Crippen LogP contribution in [0.5, 0.6) is 5.75 Å². The van der Waals surface area contributed by atoms with Crippen molar-refractivity contribution >= 4 is 0 Å². The first-order valence-electron chi connectivity index (χ1n) is 6.70. The maximum absolute atomic E-state index is 13.5. The van der Waals surface area contributed by atoms with E-state index >= 15 is 0 Å². The van der Waals surface area contributed by atoms with Gasteiger partial charge in [0.25, 0.3) is 0 Å². The molecule has 20 heavy (non-hydrogen) atoms. The smallest absolute Gasteiger partial charge is 0.126 e. The first-order valence-corrected chi connectivity index (χ1v) is 6.70. The predicted octanol–water partition coefficient (Wildman–Crippen LogP) is 2.61. The Balaban J connectivity index is 1.99. The quantitative estimate of drug-likeness (QED) is 0.916. The van der Waals surface area contributed by atoms with Gasteiger partial charge in [-0.3, -0.25) is 0 Å². The average molecular weight is 275 g/mol. The van der Waals surface area contributed by atoms with Crippen molar-refractivity contribution in [2.75, 3.05) is 7.11 Å². The van der Waals surface area contributed by atoms with Gasteiger partial charge in [0.15, 0.2) is 0 Å². The summed E-state index contributed by atoms with van der Waals surface area (Å²) in [6.07, 6.45) is 1.33. The maximum atomic E-state index is 13.5. The predicted molar refractivity (Wildman–Crippen MR) is 75.4 cm³/mol. The Morgan fingerprint density at radius 2 is 2.25 bits per heavy atom. The zero-order valence-electron chi connectivity index (χ0n) is 11.6. The molecule has 0 aliphatic carbocycles. The standard InChI is InChI=1S/C15H18FN3O/c1-9-5-10(3-4-14(9)20-2)13-8-19-7-11(16)6-12(17)15(19)18-13/h3-5,8,11-12H,6-7,17H2,1-2H3. The zero-order valence-corrected chi connectivity index (χ0v) is 11.6. The number of hydrogen-bond donors (Lipinski definition) is 1. The van der Waals surface area contributed by atoms with Crippen LogP contribution in [0.15, 0.2) is 24.4 Å². The lowest BCUT2D eigenvalue weighted by Crippen LogP contribution is -2.29. The van der Waals surface area contributed by atoms with Gasteiger partial charge in [0.05, 0.1) is 25.4 Å². The van der Waals surface area contributed by atoms with Gasteiger partial charge in [-0.15, -0.1) is 0 Å². The lowest BCUT2D eigenvalue weighted by atomic mass is 10.1. The number of fused-ring (bicyclic) bond motifs is 1. The normalized spacial score (nSPS) is 21.6. The molecule has 0 saturated heterocycles. The van der Waals surface area contributed by atoms with Gasteiger partial charge in [-0.2, -0.15) is 0 Å². The molecule has 0 radical (unpaired) electrons. The topological polar surface area (TPSA) is 53.1 Å². The number of ether oxygens (including phenoxy) is 1. The van der Waals surface area contributed by atoms with Crippen LogP contribution in [0, 0.1) is 6.92 Å². The third kappa shape index (κ3) is 2.18. The minimum atomic E-state index is -0.892. The van der Waals surface area contributed by atoms with Crippen molar-refractivity contribution in [3.63, 3.8) is 0 Å². The highest BCUT2D eigenvalue weighted by Gasteiger charge is 2.26. The summed E-state index contributed by atoms with van der Waals surface area (Å²) < 4.78 is 20.6. The van der Waals surface area contributed by atoms with Crippen LogP contribution >= 0.6 is 0 Å². The molecule has 4 nitrogen and oxygen atoms in total. The Kier molecular flexibility index (Phi) is 3.22. The van der Waals surface area contributed by atoms with Gasteiger partial charge in [-0.05, 0) is 30.7 Å². The van der Waals surface area contributed by atoms with Crippen LogP contribution in [0.3, 0.4) is 0 Å². The fourth-order valence-corrected chi connectivity index (χ4v) is 2.72. The molecule has 2 aromatic rings. The molecule has 5 heteroatoms. The summed E-state index contributed by atoms with van der Waals surface area (Å²) in [6, 6.07) is 5.57. The highest BCUT2D eigenvalue weighted by molar-refractivity contribution is 5.61. The van der Waals surface area contributed by atoms with E-state index in [2.05, 4.69) is 4.98 Å². The highest BCUT2D eigenvalue weighted by atomic mass is 19.1. The van der Waals surface area contributed by atoms with Gasteiger partial charge in [-0.1, -0.05) is 0 Å². The Hall–Kier alpha value is -1.88. The van der Waals surface area contributed by atoms with E-state index in [4.69, 9.17) is 10.5 Å². The van der Waals surface area contributed by atoms with Crippen molar-refractivity contribution < 1.29 is 9.13 Å². The van der Waals surface area contributed by atoms with Crippen molar-refractivity contribution in [2.24, 2.45) is 5.73 Å². The zero-order chi connectivity index (χ0) is 14.3. The second-order valence-electron chi connectivity index (χ2n) is 5.26. The number of imidazole rings is 1. The molecule has 1 aliphatic rings. The number of benzene rings is 1. The summed E-state index contributed by atoms with van der Waals surface area (Å²) in [5, 5.41) is 0. The number of hydrogen-bond acceptors (Lipinski definition) is 3. The molecule has 0 spiro atoms. The van der Waals surface area contributed by atoms with Crippen LogP contribution in [-0.4, -0.2) is 22.8 Å². The molecule has 1 aromatic heterocycles.